The molecule has 88 valence electrons. The Kier molecular flexibility index (Phi) is 4.03. The van der Waals surface area contributed by atoms with E-state index in [1.165, 1.54) is 0 Å². The highest BCUT2D eigenvalue weighted by molar-refractivity contribution is 8.02. The summed E-state index contributed by atoms with van der Waals surface area (Å²) in [7, 11) is 2.14. The molecule has 0 unspecified atom stereocenters. The first-order valence-electron chi connectivity index (χ1n) is 5.33. The molecule has 2 saturated heterocycles. The molecule has 1 atom stereocenters. The summed E-state index contributed by atoms with van der Waals surface area (Å²) in [6.07, 6.45) is 3.14. The van der Waals surface area contributed by atoms with Crippen LogP contribution in [0.15, 0.2) is 0 Å². The summed E-state index contributed by atoms with van der Waals surface area (Å²) in [5.41, 5.74) is 0. The first-order valence-corrected chi connectivity index (χ1v) is 6.21. The first-order chi connectivity index (χ1) is 6.65. The lowest BCUT2D eigenvalue weighted by Crippen LogP contribution is -2.48. The molecular formula is C10H20N2O2S. The predicted octanol–water partition coefficient (Wildman–Crippen LogP) is 0.225. The number of hydrogen-bond donors (Lipinski definition) is 1. The third-order valence-corrected chi connectivity index (χ3v) is 4.97. The first kappa shape index (κ1) is 12.8. The summed E-state index contributed by atoms with van der Waals surface area (Å²) in [6, 6.07) is 0. The molecule has 1 amide bonds. The molecule has 0 radical (unpaired) electrons. The summed E-state index contributed by atoms with van der Waals surface area (Å²) in [5.74, 6) is 0.252. The van der Waals surface area contributed by atoms with Crippen LogP contribution in [-0.2, 0) is 4.79 Å². The van der Waals surface area contributed by atoms with Crippen molar-refractivity contribution in [1.82, 2.24) is 10.2 Å². The zero-order valence-corrected chi connectivity index (χ0v) is 10.2. The Hall–Kier alpha value is -0.260. The van der Waals surface area contributed by atoms with E-state index in [2.05, 4.69) is 24.2 Å². The minimum atomic E-state index is 0. The van der Waals surface area contributed by atoms with Gasteiger partial charge in [0.05, 0.1) is 10.1 Å². The van der Waals surface area contributed by atoms with Crippen LogP contribution in [-0.4, -0.2) is 46.5 Å². The van der Waals surface area contributed by atoms with Crippen molar-refractivity contribution in [3.8, 4) is 0 Å². The fourth-order valence-electron chi connectivity index (χ4n) is 2.15. The normalized spacial score (nSPS) is 30.0. The van der Waals surface area contributed by atoms with Crippen LogP contribution < -0.4 is 5.32 Å². The van der Waals surface area contributed by atoms with Gasteiger partial charge in [-0.05, 0) is 26.3 Å². The highest BCUT2D eigenvalue weighted by atomic mass is 32.2. The van der Waals surface area contributed by atoms with Gasteiger partial charge in [0.25, 0.3) is 0 Å². The van der Waals surface area contributed by atoms with Gasteiger partial charge in [-0.25, -0.2) is 0 Å². The van der Waals surface area contributed by atoms with E-state index in [1.54, 1.807) is 0 Å². The Morgan fingerprint density at radius 1 is 1.53 bits per heavy atom. The monoisotopic (exact) mass is 232 g/mol. The lowest BCUT2D eigenvalue weighted by atomic mass is 10.0. The van der Waals surface area contributed by atoms with Crippen molar-refractivity contribution in [2.45, 2.75) is 36.3 Å². The molecular weight excluding hydrogens is 212 g/mol. The molecule has 0 saturated carbocycles. The van der Waals surface area contributed by atoms with Crippen LogP contribution in [0.5, 0.6) is 0 Å². The Morgan fingerprint density at radius 3 is 2.60 bits per heavy atom. The molecule has 3 N–H and O–H groups in total. The van der Waals surface area contributed by atoms with Gasteiger partial charge in [0.1, 0.15) is 0 Å². The number of nitrogens with one attached hydrogen (secondary N) is 1. The van der Waals surface area contributed by atoms with Crippen LogP contribution >= 0.6 is 11.8 Å². The Labute approximate surface area is 95.1 Å². The van der Waals surface area contributed by atoms with Gasteiger partial charge in [0.2, 0.25) is 5.91 Å². The van der Waals surface area contributed by atoms with Gasteiger partial charge in [-0.2, -0.15) is 0 Å². The Bertz CT molecular complexity index is 240. The number of likely N-dealkylation sites (tertiary alicyclic amines) is 1. The summed E-state index contributed by atoms with van der Waals surface area (Å²) in [5, 5.41) is 3.38. The van der Waals surface area contributed by atoms with Crippen molar-refractivity contribution in [3.05, 3.63) is 0 Å². The van der Waals surface area contributed by atoms with E-state index in [1.807, 2.05) is 11.8 Å². The van der Waals surface area contributed by atoms with Gasteiger partial charge in [-0.1, -0.05) is 6.92 Å². The van der Waals surface area contributed by atoms with E-state index in [-0.39, 0.29) is 21.5 Å². The lowest BCUT2D eigenvalue weighted by Gasteiger charge is -2.36. The van der Waals surface area contributed by atoms with Crippen molar-refractivity contribution in [2.75, 3.05) is 20.1 Å². The number of amides is 1. The van der Waals surface area contributed by atoms with Crippen LogP contribution in [0.3, 0.4) is 0 Å². The molecule has 0 bridgehead atoms. The quantitative estimate of drug-likeness (QED) is 0.703. The van der Waals surface area contributed by atoms with E-state index in [4.69, 9.17) is 0 Å². The predicted molar refractivity (Wildman–Crippen MR) is 62.9 cm³/mol. The van der Waals surface area contributed by atoms with E-state index in [0.29, 0.717) is 0 Å². The third-order valence-electron chi connectivity index (χ3n) is 3.18. The molecule has 0 aliphatic carbocycles. The number of hydrogen-bond acceptors (Lipinski definition) is 3. The van der Waals surface area contributed by atoms with Crippen LogP contribution in [0.25, 0.3) is 0 Å². The van der Waals surface area contributed by atoms with Crippen LogP contribution in [0.4, 0.5) is 0 Å². The van der Waals surface area contributed by atoms with Crippen molar-refractivity contribution >= 4 is 17.7 Å². The second-order valence-electron chi connectivity index (χ2n) is 4.30. The fraction of sp³-hybridized carbons (Fsp3) is 0.900. The van der Waals surface area contributed by atoms with Gasteiger partial charge in [0.15, 0.2) is 0 Å². The maximum Gasteiger partial charge on any atom is 0.234 e. The topological polar surface area (TPSA) is 63.8 Å². The molecule has 0 aromatic heterocycles. The third kappa shape index (κ3) is 2.46. The molecule has 2 rings (SSSR count). The van der Waals surface area contributed by atoms with Crippen molar-refractivity contribution < 1.29 is 10.3 Å². The Morgan fingerprint density at radius 2 is 2.13 bits per heavy atom. The van der Waals surface area contributed by atoms with Crippen molar-refractivity contribution in [2.24, 2.45) is 0 Å². The molecule has 15 heavy (non-hydrogen) atoms. The molecule has 2 aliphatic rings. The van der Waals surface area contributed by atoms with Crippen LogP contribution in [0, 0.1) is 0 Å². The molecule has 1 spiro atoms. The average Bonchev–Trinajstić information content (AvgIpc) is 2.49. The summed E-state index contributed by atoms with van der Waals surface area (Å²) in [6.45, 7) is 4.29. The molecule has 2 heterocycles. The largest absolute Gasteiger partial charge is 0.412 e. The molecule has 2 aliphatic heterocycles. The maximum absolute atomic E-state index is 11.6. The number of nitrogens with zero attached hydrogens (tertiary/aromatic N) is 1. The van der Waals surface area contributed by atoms with Gasteiger partial charge in [-0.3, -0.25) is 4.79 Å². The van der Waals surface area contributed by atoms with E-state index >= 15 is 0 Å². The molecule has 0 aromatic carbocycles. The van der Waals surface area contributed by atoms with Gasteiger partial charge in [-0.15, -0.1) is 11.8 Å². The molecule has 4 nitrogen and oxygen atoms in total. The minimum absolute atomic E-state index is 0. The smallest absolute Gasteiger partial charge is 0.234 e. The standard InChI is InChI=1S/C10H18N2OS.H2O/c1-3-8-9(13)11-10(14-8)4-6-12(2)7-5-10;/h8H,3-7H2,1-2H3,(H,11,13);1H2/t8-;/m1./s1. The molecule has 2 fully saturated rings. The second kappa shape index (κ2) is 4.72. The SMILES string of the molecule is CC[C@H]1SC2(CCN(C)CC2)NC1=O.O. The van der Waals surface area contributed by atoms with Crippen LogP contribution in [0.1, 0.15) is 26.2 Å². The number of rotatable bonds is 1. The molecule has 5 heteroatoms. The number of carbonyl (C=O) groups is 1. The van der Waals surface area contributed by atoms with E-state index < -0.39 is 0 Å². The number of carbonyl (C=O) groups excluding carboxylic acids is 1. The lowest BCUT2D eigenvalue weighted by molar-refractivity contribution is -0.120. The van der Waals surface area contributed by atoms with Crippen molar-refractivity contribution in [3.63, 3.8) is 0 Å². The van der Waals surface area contributed by atoms with E-state index in [9.17, 15) is 4.79 Å². The van der Waals surface area contributed by atoms with Gasteiger partial charge >= 0.3 is 0 Å². The molecule has 0 aromatic rings. The Balaban J connectivity index is 0.00000112. The summed E-state index contributed by atoms with van der Waals surface area (Å²) < 4.78 is 0. The number of piperidine rings is 1. The minimum Gasteiger partial charge on any atom is -0.412 e. The zero-order valence-electron chi connectivity index (χ0n) is 9.38. The average molecular weight is 232 g/mol. The summed E-state index contributed by atoms with van der Waals surface area (Å²) >= 11 is 1.86. The highest BCUT2D eigenvalue weighted by Crippen LogP contribution is 2.41. The fourth-order valence-corrected chi connectivity index (χ4v) is 3.61. The maximum atomic E-state index is 11.6. The highest BCUT2D eigenvalue weighted by Gasteiger charge is 2.45. The van der Waals surface area contributed by atoms with Gasteiger partial charge < -0.3 is 15.7 Å². The second-order valence-corrected chi connectivity index (χ2v) is 5.89. The van der Waals surface area contributed by atoms with Crippen LogP contribution in [0.2, 0.25) is 0 Å². The zero-order chi connectivity index (χ0) is 10.2. The number of thioether (sulfide) groups is 1. The van der Waals surface area contributed by atoms with E-state index in [0.717, 1.165) is 32.4 Å². The van der Waals surface area contributed by atoms with Crippen molar-refractivity contribution in [1.29, 1.82) is 0 Å². The van der Waals surface area contributed by atoms with Gasteiger partial charge in [0, 0.05) is 13.1 Å². The summed E-state index contributed by atoms with van der Waals surface area (Å²) in [4.78, 5) is 14.0.